The maximum absolute atomic E-state index is 12.2. The molecule has 6 nitrogen and oxygen atoms in total. The predicted octanol–water partition coefficient (Wildman–Crippen LogP) is 4.62. The zero-order valence-electron chi connectivity index (χ0n) is 15.0. The quantitative estimate of drug-likeness (QED) is 0.434. The molecule has 0 saturated carbocycles. The molecule has 2 N–H and O–H groups in total. The summed E-state index contributed by atoms with van der Waals surface area (Å²) < 4.78 is 12.0. The second-order valence-electron chi connectivity index (χ2n) is 5.73. The van der Waals surface area contributed by atoms with Crippen LogP contribution in [-0.4, -0.2) is 29.9 Å². The number of nitrogens with one attached hydrogen (secondary N) is 2. The molecule has 29 heavy (non-hydrogen) atoms. The van der Waals surface area contributed by atoms with Crippen molar-refractivity contribution in [1.82, 2.24) is 5.32 Å². The van der Waals surface area contributed by atoms with Crippen LogP contribution in [0, 0.1) is 0 Å². The van der Waals surface area contributed by atoms with Crippen molar-refractivity contribution < 1.29 is 19.1 Å². The molecule has 150 valence electrons. The van der Waals surface area contributed by atoms with Crippen molar-refractivity contribution in [3.8, 4) is 11.5 Å². The number of rotatable bonds is 6. The van der Waals surface area contributed by atoms with Gasteiger partial charge in [-0.15, -0.1) is 0 Å². The number of ether oxygens (including phenoxy) is 2. The van der Waals surface area contributed by atoms with Gasteiger partial charge in [0.05, 0.1) is 16.5 Å². The number of carbonyl (C=O) groups excluding carboxylic acids is 2. The van der Waals surface area contributed by atoms with E-state index in [0.29, 0.717) is 41.5 Å². The van der Waals surface area contributed by atoms with Crippen molar-refractivity contribution in [2.24, 2.45) is 0 Å². The Balaban J connectivity index is 1.71. The van der Waals surface area contributed by atoms with Crippen LogP contribution in [0.4, 0.5) is 5.69 Å². The third-order valence-electron chi connectivity index (χ3n) is 3.67. The molecular weight excluding hydrogens is 500 g/mol. The third-order valence-corrected chi connectivity index (χ3v) is 5.67. The van der Waals surface area contributed by atoms with Gasteiger partial charge in [0.1, 0.15) is 4.32 Å². The zero-order valence-corrected chi connectivity index (χ0v) is 18.9. The Morgan fingerprint density at radius 3 is 2.69 bits per heavy atom. The van der Waals surface area contributed by atoms with E-state index in [-0.39, 0.29) is 18.4 Å². The van der Waals surface area contributed by atoms with Gasteiger partial charge in [-0.2, -0.15) is 0 Å². The fraction of sp³-hybridized carbons (Fsp3) is 0.105. The number of amides is 2. The molecule has 2 amide bonds. The van der Waals surface area contributed by atoms with E-state index < -0.39 is 0 Å². The van der Waals surface area contributed by atoms with Crippen LogP contribution in [0.1, 0.15) is 5.56 Å². The minimum atomic E-state index is -0.333. The van der Waals surface area contributed by atoms with Crippen LogP contribution in [0.25, 0.3) is 6.08 Å². The Morgan fingerprint density at radius 2 is 2.07 bits per heavy atom. The Hall–Kier alpha value is -2.07. The van der Waals surface area contributed by atoms with Crippen molar-refractivity contribution >= 4 is 79.4 Å². The molecule has 0 aliphatic carbocycles. The smallest absolute Gasteiger partial charge is 0.263 e. The Morgan fingerprint density at radius 1 is 1.34 bits per heavy atom. The van der Waals surface area contributed by atoms with Crippen molar-refractivity contribution in [3.05, 3.63) is 56.4 Å². The first-order valence-corrected chi connectivity index (χ1v) is 10.6. The van der Waals surface area contributed by atoms with Gasteiger partial charge in [0.2, 0.25) is 0 Å². The first kappa shape index (κ1) is 21.6. The number of anilines is 1. The molecule has 2 aromatic rings. The average Bonchev–Trinajstić information content (AvgIpc) is 2.99. The molecular formula is C19H14BrClN2O4S2. The van der Waals surface area contributed by atoms with Gasteiger partial charge < -0.3 is 20.1 Å². The van der Waals surface area contributed by atoms with Crippen LogP contribution < -0.4 is 20.1 Å². The number of hydrogen-bond donors (Lipinski definition) is 2. The lowest BCUT2D eigenvalue weighted by Crippen LogP contribution is -2.20. The van der Waals surface area contributed by atoms with Crippen LogP contribution in [-0.2, 0) is 9.59 Å². The highest BCUT2D eigenvalue weighted by atomic mass is 79.9. The standard InChI is InChI=1S/C19H14BrClN2O4S2/c1-26-14-7-10(8-15-18(25)23-19(28)29-15)6-13(20)17(14)27-9-16(24)22-12-4-2-11(21)3-5-12/h2-8H,9H2,1H3,(H,22,24)(H,23,25,28)/b15-8-. The predicted molar refractivity (Wildman–Crippen MR) is 123 cm³/mol. The first-order valence-electron chi connectivity index (χ1n) is 8.16. The minimum absolute atomic E-state index is 0.218. The highest BCUT2D eigenvalue weighted by molar-refractivity contribution is 9.10. The molecule has 0 atom stereocenters. The monoisotopic (exact) mass is 512 g/mol. The van der Waals surface area contributed by atoms with Crippen molar-refractivity contribution in [3.63, 3.8) is 0 Å². The maximum Gasteiger partial charge on any atom is 0.263 e. The van der Waals surface area contributed by atoms with E-state index in [9.17, 15) is 9.59 Å². The summed E-state index contributed by atoms with van der Waals surface area (Å²) in [5, 5.41) is 5.86. The van der Waals surface area contributed by atoms with E-state index in [4.69, 9.17) is 33.3 Å². The fourth-order valence-electron chi connectivity index (χ4n) is 2.40. The van der Waals surface area contributed by atoms with Gasteiger partial charge in [-0.3, -0.25) is 9.59 Å². The average molecular weight is 514 g/mol. The van der Waals surface area contributed by atoms with E-state index in [2.05, 4.69) is 26.6 Å². The summed E-state index contributed by atoms with van der Waals surface area (Å²) in [6.07, 6.45) is 1.70. The molecule has 1 saturated heterocycles. The van der Waals surface area contributed by atoms with Gasteiger partial charge in [0.15, 0.2) is 18.1 Å². The van der Waals surface area contributed by atoms with E-state index in [1.54, 1.807) is 42.5 Å². The number of halogens is 2. The summed E-state index contributed by atoms with van der Waals surface area (Å²) in [6.45, 7) is -0.218. The Bertz CT molecular complexity index is 1010. The largest absolute Gasteiger partial charge is 0.493 e. The van der Waals surface area contributed by atoms with Gasteiger partial charge in [0, 0.05) is 10.7 Å². The molecule has 0 unspecified atom stereocenters. The summed E-state index contributed by atoms with van der Waals surface area (Å²) in [7, 11) is 1.49. The summed E-state index contributed by atoms with van der Waals surface area (Å²) in [5.74, 6) is 0.214. The van der Waals surface area contributed by atoms with E-state index in [1.165, 1.54) is 18.9 Å². The topological polar surface area (TPSA) is 76.7 Å². The van der Waals surface area contributed by atoms with Crippen LogP contribution in [0.2, 0.25) is 5.02 Å². The number of hydrogen-bond acceptors (Lipinski definition) is 6. The molecule has 0 aromatic heterocycles. The summed E-state index contributed by atoms with van der Waals surface area (Å²) >= 11 is 15.4. The van der Waals surface area contributed by atoms with Crippen molar-refractivity contribution in [2.45, 2.75) is 0 Å². The van der Waals surface area contributed by atoms with Gasteiger partial charge in [-0.25, -0.2) is 0 Å². The molecule has 2 aromatic carbocycles. The number of carbonyl (C=O) groups is 2. The first-order chi connectivity index (χ1) is 13.9. The lowest BCUT2D eigenvalue weighted by atomic mass is 10.2. The lowest BCUT2D eigenvalue weighted by molar-refractivity contribution is -0.118. The van der Waals surface area contributed by atoms with Crippen LogP contribution in [0.15, 0.2) is 45.8 Å². The number of benzene rings is 2. The fourth-order valence-corrected chi connectivity index (χ4v) is 4.15. The molecule has 1 fully saturated rings. The highest BCUT2D eigenvalue weighted by Gasteiger charge is 2.22. The van der Waals surface area contributed by atoms with E-state index >= 15 is 0 Å². The minimum Gasteiger partial charge on any atom is -0.493 e. The maximum atomic E-state index is 12.2. The number of thiocarbonyl (C=S) groups is 1. The second-order valence-corrected chi connectivity index (χ2v) is 8.74. The Kier molecular flexibility index (Phi) is 7.18. The van der Waals surface area contributed by atoms with Crippen LogP contribution in [0.5, 0.6) is 11.5 Å². The molecule has 1 aliphatic heterocycles. The molecule has 0 spiro atoms. The molecule has 0 bridgehead atoms. The molecule has 3 rings (SSSR count). The van der Waals surface area contributed by atoms with Crippen LogP contribution >= 0.6 is 51.5 Å². The lowest BCUT2D eigenvalue weighted by Gasteiger charge is -2.14. The number of methoxy groups -OCH3 is 1. The summed E-state index contributed by atoms with van der Waals surface area (Å²) in [5.41, 5.74) is 1.33. The molecule has 0 radical (unpaired) electrons. The van der Waals surface area contributed by atoms with Gasteiger partial charge in [-0.1, -0.05) is 35.6 Å². The van der Waals surface area contributed by atoms with Crippen molar-refractivity contribution in [2.75, 3.05) is 19.0 Å². The van der Waals surface area contributed by atoms with Crippen molar-refractivity contribution in [1.29, 1.82) is 0 Å². The highest BCUT2D eigenvalue weighted by Crippen LogP contribution is 2.38. The summed E-state index contributed by atoms with van der Waals surface area (Å²) in [4.78, 5) is 24.5. The van der Waals surface area contributed by atoms with Gasteiger partial charge in [0.25, 0.3) is 11.8 Å². The number of thioether (sulfide) groups is 1. The molecule has 1 aliphatic rings. The summed E-state index contributed by atoms with van der Waals surface area (Å²) in [6, 6.07) is 10.2. The third kappa shape index (κ3) is 5.72. The Labute approximate surface area is 190 Å². The van der Waals surface area contributed by atoms with E-state index in [0.717, 1.165) is 0 Å². The zero-order chi connectivity index (χ0) is 21.0. The van der Waals surface area contributed by atoms with Gasteiger partial charge in [-0.05, 0) is 64.0 Å². The van der Waals surface area contributed by atoms with Crippen LogP contribution in [0.3, 0.4) is 0 Å². The SMILES string of the molecule is COc1cc(/C=C2\SC(=S)NC2=O)cc(Br)c1OCC(=O)Nc1ccc(Cl)cc1. The molecule has 1 heterocycles. The normalized spacial score (nSPS) is 14.7. The van der Waals surface area contributed by atoms with Gasteiger partial charge >= 0.3 is 0 Å². The second kappa shape index (κ2) is 9.62. The molecule has 10 heteroatoms. The van der Waals surface area contributed by atoms with E-state index in [1.807, 2.05) is 0 Å².